The van der Waals surface area contributed by atoms with E-state index in [1.54, 1.807) is 24.3 Å². The summed E-state index contributed by atoms with van der Waals surface area (Å²) in [7, 11) is 0. The molecule has 1 aliphatic heterocycles. The van der Waals surface area contributed by atoms with Gasteiger partial charge < -0.3 is 10.2 Å². The quantitative estimate of drug-likeness (QED) is 0.463. The van der Waals surface area contributed by atoms with Crippen LogP contribution in [0.25, 0.3) is 0 Å². The number of amides is 1. The number of halogens is 4. The number of oxime groups is 1. The Morgan fingerprint density at radius 3 is 2.28 bits per heavy atom. The third kappa shape index (κ3) is 4.35. The molecule has 170 valence electrons. The first-order valence-corrected chi connectivity index (χ1v) is 11.6. The van der Waals surface area contributed by atoms with Gasteiger partial charge in [0.25, 0.3) is 0 Å². The first-order valence-electron chi connectivity index (χ1n) is 10.5. The summed E-state index contributed by atoms with van der Waals surface area (Å²) in [5.41, 5.74) is 0.732. The summed E-state index contributed by atoms with van der Waals surface area (Å²) < 4.78 is 15.3. The summed E-state index contributed by atoms with van der Waals surface area (Å²) in [5, 5.41) is 8.12. The first kappa shape index (κ1) is 23.3. The molecular weight excluding hydrogens is 474 g/mol. The van der Waals surface area contributed by atoms with Gasteiger partial charge in [0, 0.05) is 23.9 Å². The maximum atomic E-state index is 15.3. The Morgan fingerprint density at radius 1 is 1.12 bits per heavy atom. The maximum Gasteiger partial charge on any atom is 0.223 e. The van der Waals surface area contributed by atoms with Crippen molar-refractivity contribution in [3.05, 3.63) is 68.2 Å². The molecule has 4 rings (SSSR count). The molecule has 0 spiro atoms. The summed E-state index contributed by atoms with van der Waals surface area (Å²) in [5.74, 6) is -0.363. The number of nitrogens with one attached hydrogen (secondary N) is 1. The molecule has 32 heavy (non-hydrogen) atoms. The van der Waals surface area contributed by atoms with E-state index in [2.05, 4.69) is 10.5 Å². The molecule has 2 aromatic rings. The fourth-order valence-electron chi connectivity index (χ4n) is 4.22. The zero-order chi connectivity index (χ0) is 23.3. The highest BCUT2D eigenvalue weighted by Crippen LogP contribution is 2.49. The van der Waals surface area contributed by atoms with E-state index < -0.39 is 11.3 Å². The number of carbonyl (C=O) groups excluding carboxylic acids is 1. The SMILES string of the molecule is CC(C)NC(=O)C1CC(F)(c2ccc(C3=NOC(C)(c4cc(Cl)c(Cl)c(Cl)c4)C3)cc2)C1. The average molecular weight is 498 g/mol. The molecule has 1 N–H and O–H groups in total. The highest BCUT2D eigenvalue weighted by molar-refractivity contribution is 6.48. The van der Waals surface area contributed by atoms with Gasteiger partial charge in [-0.1, -0.05) is 64.2 Å². The molecule has 1 amide bonds. The molecule has 0 saturated heterocycles. The molecule has 1 atom stereocenters. The van der Waals surface area contributed by atoms with Crippen molar-refractivity contribution in [2.45, 2.75) is 57.3 Å². The van der Waals surface area contributed by atoms with Crippen LogP contribution in [0, 0.1) is 5.92 Å². The second-order valence-electron chi connectivity index (χ2n) is 9.10. The normalized spacial score (nSPS) is 27.0. The monoisotopic (exact) mass is 496 g/mol. The van der Waals surface area contributed by atoms with Gasteiger partial charge in [-0.05, 0) is 56.9 Å². The summed E-state index contributed by atoms with van der Waals surface area (Å²) >= 11 is 18.4. The molecule has 0 radical (unpaired) electrons. The standard InChI is InChI=1S/C24H24Cl3FN2O2/c1-13(2)29-22(31)15-10-24(28,11-15)16-6-4-14(5-7-16)20-12-23(3,32-30-20)17-8-18(25)21(27)19(26)9-17/h4-9,13,15H,10-12H2,1-3H3,(H,29,31). The second-order valence-corrected chi connectivity index (χ2v) is 10.3. The molecule has 1 fully saturated rings. The van der Waals surface area contributed by atoms with E-state index in [-0.39, 0.29) is 30.7 Å². The van der Waals surface area contributed by atoms with Crippen LogP contribution in [-0.2, 0) is 20.9 Å². The van der Waals surface area contributed by atoms with Gasteiger partial charge in [0.2, 0.25) is 5.91 Å². The lowest BCUT2D eigenvalue weighted by molar-refractivity contribution is -0.135. The van der Waals surface area contributed by atoms with E-state index in [0.29, 0.717) is 27.1 Å². The van der Waals surface area contributed by atoms with Crippen molar-refractivity contribution < 1.29 is 14.0 Å². The molecule has 2 aliphatic rings. The largest absolute Gasteiger partial charge is 0.384 e. The van der Waals surface area contributed by atoms with E-state index in [9.17, 15) is 4.79 Å². The molecule has 1 saturated carbocycles. The van der Waals surface area contributed by atoms with Crippen molar-refractivity contribution in [3.63, 3.8) is 0 Å². The van der Waals surface area contributed by atoms with Crippen molar-refractivity contribution in [1.82, 2.24) is 5.32 Å². The predicted octanol–water partition coefficient (Wildman–Crippen LogP) is 6.79. The van der Waals surface area contributed by atoms with E-state index in [1.165, 1.54) is 0 Å². The van der Waals surface area contributed by atoms with Gasteiger partial charge in [-0.2, -0.15) is 0 Å². The number of nitrogens with zero attached hydrogens (tertiary/aromatic N) is 1. The van der Waals surface area contributed by atoms with Gasteiger partial charge in [-0.3, -0.25) is 4.79 Å². The lowest BCUT2D eigenvalue weighted by atomic mass is 9.68. The minimum Gasteiger partial charge on any atom is -0.384 e. The van der Waals surface area contributed by atoms with Crippen LogP contribution >= 0.6 is 34.8 Å². The molecule has 0 aromatic heterocycles. The van der Waals surface area contributed by atoms with E-state index in [4.69, 9.17) is 39.6 Å². The Balaban J connectivity index is 1.44. The van der Waals surface area contributed by atoms with Crippen molar-refractivity contribution >= 4 is 46.4 Å². The number of alkyl halides is 1. The van der Waals surface area contributed by atoms with Crippen LogP contribution in [0.5, 0.6) is 0 Å². The predicted molar refractivity (Wildman–Crippen MR) is 126 cm³/mol. The molecule has 4 nitrogen and oxygen atoms in total. The molecule has 2 aromatic carbocycles. The van der Waals surface area contributed by atoms with Gasteiger partial charge in [0.1, 0.15) is 5.67 Å². The van der Waals surface area contributed by atoms with E-state index in [0.717, 1.165) is 16.8 Å². The van der Waals surface area contributed by atoms with Crippen molar-refractivity contribution in [2.75, 3.05) is 0 Å². The Kier molecular flexibility index (Phi) is 6.21. The zero-order valence-corrected chi connectivity index (χ0v) is 20.3. The third-order valence-electron chi connectivity index (χ3n) is 6.13. The van der Waals surface area contributed by atoms with Crippen LogP contribution in [0.15, 0.2) is 41.6 Å². The van der Waals surface area contributed by atoms with Gasteiger partial charge in [-0.25, -0.2) is 4.39 Å². The Hall–Kier alpha value is -1.82. The van der Waals surface area contributed by atoms with Gasteiger partial charge >= 0.3 is 0 Å². The van der Waals surface area contributed by atoms with Crippen LogP contribution in [-0.4, -0.2) is 17.7 Å². The smallest absolute Gasteiger partial charge is 0.223 e. The summed E-state index contributed by atoms with van der Waals surface area (Å²) in [6, 6.07) is 10.7. The third-order valence-corrected chi connectivity index (χ3v) is 7.33. The van der Waals surface area contributed by atoms with Gasteiger partial charge in [0.15, 0.2) is 5.60 Å². The minimum atomic E-state index is -1.48. The average Bonchev–Trinajstić information content (AvgIpc) is 3.12. The Labute approximate surface area is 202 Å². The van der Waals surface area contributed by atoms with Gasteiger partial charge in [0.05, 0.1) is 20.8 Å². The lowest BCUT2D eigenvalue weighted by Gasteiger charge is -2.41. The summed E-state index contributed by atoms with van der Waals surface area (Å²) in [6.07, 6.45) is 0.898. The zero-order valence-electron chi connectivity index (χ0n) is 18.0. The summed E-state index contributed by atoms with van der Waals surface area (Å²) in [4.78, 5) is 17.8. The number of benzene rings is 2. The topological polar surface area (TPSA) is 50.7 Å². The second kappa shape index (κ2) is 8.51. The lowest BCUT2D eigenvalue weighted by Crippen LogP contribution is -2.47. The number of rotatable bonds is 5. The van der Waals surface area contributed by atoms with Crippen LogP contribution in [0.1, 0.15) is 56.7 Å². The van der Waals surface area contributed by atoms with Gasteiger partial charge in [-0.15, -0.1) is 0 Å². The molecule has 8 heteroatoms. The van der Waals surface area contributed by atoms with E-state index >= 15 is 4.39 Å². The number of carbonyl (C=O) groups is 1. The van der Waals surface area contributed by atoms with Crippen molar-refractivity contribution in [3.8, 4) is 0 Å². The Morgan fingerprint density at radius 2 is 1.72 bits per heavy atom. The van der Waals surface area contributed by atoms with E-state index in [1.807, 2.05) is 32.9 Å². The fourth-order valence-corrected chi connectivity index (χ4v) is 4.81. The van der Waals surface area contributed by atoms with Crippen molar-refractivity contribution in [2.24, 2.45) is 11.1 Å². The molecule has 1 unspecified atom stereocenters. The highest BCUT2D eigenvalue weighted by Gasteiger charge is 2.49. The number of hydrogen-bond acceptors (Lipinski definition) is 3. The van der Waals surface area contributed by atoms with Crippen LogP contribution in [0.4, 0.5) is 4.39 Å². The van der Waals surface area contributed by atoms with Crippen molar-refractivity contribution in [1.29, 1.82) is 0 Å². The summed E-state index contributed by atoms with van der Waals surface area (Å²) in [6.45, 7) is 5.70. The van der Waals surface area contributed by atoms with Crippen LogP contribution in [0.2, 0.25) is 15.1 Å². The fraction of sp³-hybridized carbons (Fsp3) is 0.417. The molecule has 0 bridgehead atoms. The highest BCUT2D eigenvalue weighted by atomic mass is 35.5. The molecule has 1 aliphatic carbocycles. The minimum absolute atomic E-state index is 0.0522. The Bertz CT molecular complexity index is 1060. The maximum absolute atomic E-state index is 15.3. The number of hydrogen-bond donors (Lipinski definition) is 1. The van der Waals surface area contributed by atoms with Crippen LogP contribution < -0.4 is 5.32 Å². The molecular formula is C24H24Cl3FN2O2. The first-order chi connectivity index (χ1) is 15.0. The van der Waals surface area contributed by atoms with Crippen LogP contribution in [0.3, 0.4) is 0 Å². The molecule has 1 heterocycles.